The third-order valence-corrected chi connectivity index (χ3v) is 4.92. The Bertz CT molecular complexity index is 913. The fourth-order valence-electron chi connectivity index (χ4n) is 3.12. The molecule has 1 aliphatic carbocycles. The molecule has 1 aliphatic rings. The molecule has 6 heteroatoms. The van der Waals surface area contributed by atoms with E-state index in [0.29, 0.717) is 30.1 Å². The predicted molar refractivity (Wildman–Crippen MR) is 99.5 cm³/mol. The van der Waals surface area contributed by atoms with Crippen LogP contribution in [0.15, 0.2) is 42.6 Å². The van der Waals surface area contributed by atoms with E-state index in [-0.39, 0.29) is 5.91 Å². The Morgan fingerprint density at radius 2 is 2.08 bits per heavy atom. The van der Waals surface area contributed by atoms with Gasteiger partial charge in [-0.1, -0.05) is 18.6 Å². The lowest BCUT2D eigenvalue weighted by Crippen LogP contribution is -2.13. The van der Waals surface area contributed by atoms with Crippen LogP contribution in [0, 0.1) is 0 Å². The van der Waals surface area contributed by atoms with Gasteiger partial charge < -0.3 is 10.1 Å². The van der Waals surface area contributed by atoms with Crippen molar-refractivity contribution in [2.45, 2.75) is 38.0 Å². The number of hydrogen-bond donors (Lipinski definition) is 1. The summed E-state index contributed by atoms with van der Waals surface area (Å²) in [6.45, 7) is 0. The van der Waals surface area contributed by atoms with Crippen LogP contribution >= 0.6 is 0 Å². The Kier molecular flexibility index (Phi) is 4.56. The molecular formula is C20H22N4O2. The number of methoxy groups -OCH3 is 1. The first-order valence-electron chi connectivity index (χ1n) is 9.01. The molecule has 4 rings (SSSR count). The molecule has 1 N–H and O–H groups in total. The molecule has 6 nitrogen and oxygen atoms in total. The van der Waals surface area contributed by atoms with Crippen LogP contribution in [0.3, 0.4) is 0 Å². The van der Waals surface area contributed by atoms with Crippen LogP contribution in [0.2, 0.25) is 0 Å². The molecule has 2 aromatic heterocycles. The van der Waals surface area contributed by atoms with Gasteiger partial charge in [0.25, 0.3) is 0 Å². The average Bonchev–Trinajstić information content (AvgIpc) is 3.03. The highest BCUT2D eigenvalue weighted by atomic mass is 16.5. The summed E-state index contributed by atoms with van der Waals surface area (Å²) in [5, 5.41) is 7.53. The van der Waals surface area contributed by atoms with Gasteiger partial charge in [-0.3, -0.25) is 4.79 Å². The Labute approximate surface area is 152 Å². The van der Waals surface area contributed by atoms with E-state index in [2.05, 4.69) is 15.4 Å². The van der Waals surface area contributed by atoms with Gasteiger partial charge in [0.05, 0.1) is 12.8 Å². The van der Waals surface area contributed by atoms with Crippen LogP contribution in [0.1, 0.15) is 43.0 Å². The number of hydrogen-bond acceptors (Lipinski definition) is 4. The van der Waals surface area contributed by atoms with Crippen molar-refractivity contribution in [3.63, 3.8) is 0 Å². The molecule has 0 atom stereocenters. The van der Waals surface area contributed by atoms with Crippen LogP contribution in [0.4, 0.5) is 5.69 Å². The van der Waals surface area contributed by atoms with E-state index in [1.54, 1.807) is 11.6 Å². The van der Waals surface area contributed by atoms with Gasteiger partial charge in [-0.25, -0.2) is 9.50 Å². The van der Waals surface area contributed by atoms with E-state index in [1.165, 1.54) is 6.42 Å². The standard InChI is InChI=1S/C20H22N4O2/c1-26-16-10-7-14(8-11-16)9-12-18(25)21-17-6-3-13-24-20(17)22-19(23-24)15-4-2-5-15/h3,6-8,10-11,13,15H,2,4-5,9,12H2,1H3,(H,21,25). The molecule has 1 amide bonds. The number of pyridine rings is 1. The molecule has 1 fully saturated rings. The van der Waals surface area contributed by atoms with Crippen LogP contribution in [0.5, 0.6) is 5.75 Å². The van der Waals surface area contributed by atoms with Crippen LogP contribution in [-0.2, 0) is 11.2 Å². The topological polar surface area (TPSA) is 68.5 Å². The Morgan fingerprint density at radius 1 is 1.27 bits per heavy atom. The normalized spacial score (nSPS) is 14.2. The highest BCUT2D eigenvalue weighted by molar-refractivity contribution is 5.94. The maximum absolute atomic E-state index is 12.4. The molecule has 1 saturated carbocycles. The first-order chi connectivity index (χ1) is 12.7. The number of ether oxygens (including phenoxy) is 1. The number of carbonyl (C=O) groups excluding carboxylic acids is 1. The van der Waals surface area contributed by atoms with E-state index in [9.17, 15) is 4.79 Å². The number of aromatic nitrogens is 3. The minimum Gasteiger partial charge on any atom is -0.497 e. The molecule has 0 saturated heterocycles. The minimum atomic E-state index is -0.0258. The largest absolute Gasteiger partial charge is 0.497 e. The SMILES string of the molecule is COc1ccc(CCC(=O)Nc2cccn3nc(C4CCC4)nc23)cc1. The average molecular weight is 350 g/mol. The number of carbonyl (C=O) groups is 1. The third kappa shape index (κ3) is 3.40. The van der Waals surface area contributed by atoms with Gasteiger partial charge in [-0.15, -0.1) is 0 Å². The van der Waals surface area contributed by atoms with E-state index in [4.69, 9.17) is 4.74 Å². The number of nitrogens with one attached hydrogen (secondary N) is 1. The maximum Gasteiger partial charge on any atom is 0.224 e. The Balaban J connectivity index is 1.42. The molecule has 0 spiro atoms. The minimum absolute atomic E-state index is 0.0258. The summed E-state index contributed by atoms with van der Waals surface area (Å²) in [7, 11) is 1.64. The molecule has 1 aromatic carbocycles. The van der Waals surface area contributed by atoms with Gasteiger partial charge in [0.15, 0.2) is 11.5 Å². The van der Waals surface area contributed by atoms with Crippen molar-refractivity contribution in [2.24, 2.45) is 0 Å². The smallest absolute Gasteiger partial charge is 0.224 e. The van der Waals surface area contributed by atoms with E-state index < -0.39 is 0 Å². The number of benzene rings is 1. The van der Waals surface area contributed by atoms with Crippen molar-refractivity contribution >= 4 is 17.2 Å². The molecule has 134 valence electrons. The van der Waals surface area contributed by atoms with Crippen molar-refractivity contribution in [3.05, 3.63) is 54.0 Å². The summed E-state index contributed by atoms with van der Waals surface area (Å²) >= 11 is 0. The number of aryl methyl sites for hydroxylation is 1. The molecular weight excluding hydrogens is 328 g/mol. The van der Waals surface area contributed by atoms with Crippen molar-refractivity contribution in [2.75, 3.05) is 12.4 Å². The first kappa shape index (κ1) is 16.6. The molecule has 0 unspecified atom stereocenters. The Hall–Kier alpha value is -2.89. The number of nitrogens with zero attached hydrogens (tertiary/aromatic N) is 3. The molecule has 26 heavy (non-hydrogen) atoms. The second-order valence-electron chi connectivity index (χ2n) is 6.68. The summed E-state index contributed by atoms with van der Waals surface area (Å²) in [6, 6.07) is 11.5. The zero-order valence-corrected chi connectivity index (χ0v) is 14.8. The molecule has 0 bridgehead atoms. The second kappa shape index (κ2) is 7.15. The highest BCUT2D eigenvalue weighted by Gasteiger charge is 2.24. The summed E-state index contributed by atoms with van der Waals surface area (Å²) in [4.78, 5) is 17.0. The summed E-state index contributed by atoms with van der Waals surface area (Å²) in [5.41, 5.74) is 2.53. The predicted octanol–water partition coefficient (Wildman–Crippen LogP) is 3.58. The second-order valence-corrected chi connectivity index (χ2v) is 6.68. The number of amides is 1. The molecule has 3 aromatic rings. The maximum atomic E-state index is 12.4. The number of fused-ring (bicyclic) bond motifs is 1. The van der Waals surface area contributed by atoms with E-state index in [0.717, 1.165) is 30.0 Å². The van der Waals surface area contributed by atoms with Crippen molar-refractivity contribution in [3.8, 4) is 5.75 Å². The van der Waals surface area contributed by atoms with Gasteiger partial charge in [-0.05, 0) is 49.1 Å². The highest BCUT2D eigenvalue weighted by Crippen LogP contribution is 2.35. The third-order valence-electron chi connectivity index (χ3n) is 4.92. The number of rotatable bonds is 6. The van der Waals surface area contributed by atoms with Crippen molar-refractivity contribution < 1.29 is 9.53 Å². The lowest BCUT2D eigenvalue weighted by atomic mass is 9.85. The zero-order valence-electron chi connectivity index (χ0n) is 14.8. The lowest BCUT2D eigenvalue weighted by Gasteiger charge is -2.21. The van der Waals surface area contributed by atoms with Crippen LogP contribution in [-0.4, -0.2) is 27.6 Å². The van der Waals surface area contributed by atoms with E-state index in [1.807, 2.05) is 42.6 Å². The van der Waals surface area contributed by atoms with Gasteiger partial charge in [0, 0.05) is 18.5 Å². The molecule has 0 radical (unpaired) electrons. The quantitative estimate of drug-likeness (QED) is 0.738. The first-order valence-corrected chi connectivity index (χ1v) is 9.01. The number of anilines is 1. The van der Waals surface area contributed by atoms with Gasteiger partial charge in [0.2, 0.25) is 5.91 Å². The Morgan fingerprint density at radius 3 is 2.77 bits per heavy atom. The monoisotopic (exact) mass is 350 g/mol. The van der Waals surface area contributed by atoms with Crippen LogP contribution < -0.4 is 10.1 Å². The fraction of sp³-hybridized carbons (Fsp3) is 0.350. The zero-order chi connectivity index (χ0) is 17.9. The van der Waals surface area contributed by atoms with Crippen molar-refractivity contribution in [1.82, 2.24) is 14.6 Å². The van der Waals surface area contributed by atoms with Gasteiger partial charge >= 0.3 is 0 Å². The van der Waals surface area contributed by atoms with Gasteiger partial charge in [-0.2, -0.15) is 5.10 Å². The summed E-state index contributed by atoms with van der Waals surface area (Å²) in [6.07, 6.45) is 6.52. The molecule has 0 aliphatic heterocycles. The summed E-state index contributed by atoms with van der Waals surface area (Å²) < 4.78 is 6.91. The summed E-state index contributed by atoms with van der Waals surface area (Å²) in [5.74, 6) is 2.14. The fourth-order valence-corrected chi connectivity index (χ4v) is 3.12. The lowest BCUT2D eigenvalue weighted by molar-refractivity contribution is -0.116. The van der Waals surface area contributed by atoms with Gasteiger partial charge in [0.1, 0.15) is 5.75 Å². The van der Waals surface area contributed by atoms with Crippen molar-refractivity contribution in [1.29, 1.82) is 0 Å². The van der Waals surface area contributed by atoms with E-state index >= 15 is 0 Å². The molecule has 2 heterocycles. The van der Waals surface area contributed by atoms with Crippen LogP contribution in [0.25, 0.3) is 5.65 Å².